The molecule has 0 saturated carbocycles. The van der Waals surface area contributed by atoms with Crippen LogP contribution in [0.4, 0.5) is 0 Å². The summed E-state index contributed by atoms with van der Waals surface area (Å²) >= 11 is 5.75. The Morgan fingerprint density at radius 2 is 1.35 bits per heavy atom. The molecule has 1 fully saturated rings. The first kappa shape index (κ1) is 17.2. The lowest BCUT2D eigenvalue weighted by Gasteiger charge is -2.56. The number of hydrogen-bond donors (Lipinski definition) is 3. The van der Waals surface area contributed by atoms with Gasteiger partial charge in [0.25, 0.3) is 0 Å². The molecular formula is C12H17ClO7. The van der Waals surface area contributed by atoms with Gasteiger partial charge in [-0.15, -0.1) is 0 Å². The van der Waals surface area contributed by atoms with Gasteiger partial charge in [0.05, 0.1) is 6.10 Å². The van der Waals surface area contributed by atoms with Crippen molar-refractivity contribution >= 4 is 29.0 Å². The molecule has 0 bridgehead atoms. The van der Waals surface area contributed by atoms with Gasteiger partial charge in [0, 0.05) is 0 Å². The summed E-state index contributed by atoms with van der Waals surface area (Å²) in [4.78, 5) is 35.3. The first-order chi connectivity index (χ1) is 8.88. The molecule has 1 rings (SSSR count). The van der Waals surface area contributed by atoms with Crippen LogP contribution in [0.3, 0.4) is 0 Å². The van der Waals surface area contributed by atoms with E-state index in [-0.39, 0.29) is 0 Å². The van der Waals surface area contributed by atoms with Crippen LogP contribution in [-0.2, 0) is 19.1 Å². The quantitative estimate of drug-likeness (QED) is 0.568. The van der Waals surface area contributed by atoms with E-state index in [1.807, 2.05) is 0 Å². The second-order valence-electron chi connectivity index (χ2n) is 5.01. The second kappa shape index (κ2) is 4.85. The number of carbonyl (C=O) groups excluding carboxylic acids is 3. The van der Waals surface area contributed by atoms with Gasteiger partial charge >= 0.3 is 0 Å². The molecule has 0 unspecified atom stereocenters. The van der Waals surface area contributed by atoms with Crippen LogP contribution in [0.2, 0.25) is 0 Å². The molecule has 0 radical (unpaired) electrons. The number of hydrogen-bond acceptors (Lipinski definition) is 7. The fourth-order valence-corrected chi connectivity index (χ4v) is 3.08. The molecular weight excluding hydrogens is 292 g/mol. The van der Waals surface area contributed by atoms with Crippen LogP contribution >= 0.6 is 11.6 Å². The Hall–Kier alpha value is -0.860. The lowest BCUT2D eigenvalue weighted by atomic mass is 9.62. The van der Waals surface area contributed by atoms with Crippen LogP contribution in [0.5, 0.6) is 0 Å². The molecule has 0 aliphatic carbocycles. The third kappa shape index (κ3) is 1.71. The molecule has 0 aromatic heterocycles. The van der Waals surface area contributed by atoms with E-state index in [0.717, 1.165) is 20.8 Å². The van der Waals surface area contributed by atoms with Crippen molar-refractivity contribution in [1.82, 2.24) is 0 Å². The summed E-state index contributed by atoms with van der Waals surface area (Å²) in [5.41, 5.74) is -10.7. The summed E-state index contributed by atoms with van der Waals surface area (Å²) in [6, 6.07) is 0. The van der Waals surface area contributed by atoms with E-state index in [2.05, 4.69) is 0 Å². The topological polar surface area (TPSA) is 121 Å². The van der Waals surface area contributed by atoms with E-state index in [0.29, 0.717) is 0 Å². The number of Topliss-reactive ketones (excluding diaryl/α,β-unsaturated/α-hetero) is 3. The van der Waals surface area contributed by atoms with Gasteiger partial charge in [-0.05, 0) is 27.7 Å². The van der Waals surface area contributed by atoms with Crippen molar-refractivity contribution in [3.05, 3.63) is 0 Å². The average molecular weight is 309 g/mol. The molecule has 1 aliphatic rings. The first-order valence-corrected chi connectivity index (χ1v) is 6.31. The highest BCUT2D eigenvalue weighted by Gasteiger charge is 2.77. The van der Waals surface area contributed by atoms with E-state index < -0.39 is 45.8 Å². The summed E-state index contributed by atoms with van der Waals surface area (Å²) in [5.74, 6) is -3.32. The third-order valence-electron chi connectivity index (χ3n) is 3.93. The van der Waals surface area contributed by atoms with E-state index in [4.69, 9.17) is 16.3 Å². The molecule has 114 valence electrons. The van der Waals surface area contributed by atoms with Crippen molar-refractivity contribution in [2.75, 3.05) is 0 Å². The lowest BCUT2D eigenvalue weighted by Crippen LogP contribution is -2.84. The van der Waals surface area contributed by atoms with Crippen LogP contribution in [-0.4, -0.2) is 61.1 Å². The Kier molecular flexibility index (Phi) is 4.17. The molecule has 5 atom stereocenters. The molecule has 0 amide bonds. The summed E-state index contributed by atoms with van der Waals surface area (Å²) < 4.78 is 5.00. The molecule has 20 heavy (non-hydrogen) atoms. The molecule has 1 aliphatic heterocycles. The number of ketones is 3. The maximum atomic E-state index is 11.9. The Labute approximate surface area is 120 Å². The SMILES string of the molecule is CC(=O)[C@]1(O)[C@](O)(C(C)=O)[C@@H](C)O[C@H](Cl)[C@@]1(O)C(C)=O. The molecule has 0 spiro atoms. The molecule has 1 saturated heterocycles. The number of alkyl halides is 1. The van der Waals surface area contributed by atoms with Crippen molar-refractivity contribution in [2.45, 2.75) is 56.2 Å². The number of ether oxygens (including phenoxy) is 1. The number of aliphatic hydroxyl groups is 3. The molecule has 0 aromatic rings. The highest BCUT2D eigenvalue weighted by atomic mass is 35.5. The van der Waals surface area contributed by atoms with Gasteiger partial charge in [-0.3, -0.25) is 14.4 Å². The highest BCUT2D eigenvalue weighted by molar-refractivity contribution is 6.24. The third-order valence-corrected chi connectivity index (χ3v) is 4.35. The normalized spacial score (nSPS) is 45.0. The maximum absolute atomic E-state index is 11.9. The van der Waals surface area contributed by atoms with Crippen molar-refractivity contribution in [1.29, 1.82) is 0 Å². The van der Waals surface area contributed by atoms with Gasteiger partial charge in [0.15, 0.2) is 28.5 Å². The van der Waals surface area contributed by atoms with Crippen LogP contribution in [0.25, 0.3) is 0 Å². The summed E-state index contributed by atoms with van der Waals surface area (Å²) in [7, 11) is 0. The zero-order valence-corrected chi connectivity index (χ0v) is 12.3. The van der Waals surface area contributed by atoms with Crippen molar-refractivity contribution in [3.8, 4) is 0 Å². The minimum Gasteiger partial charge on any atom is -0.376 e. The molecule has 1 heterocycles. The minimum atomic E-state index is -3.11. The fraction of sp³-hybridized carbons (Fsp3) is 0.750. The van der Waals surface area contributed by atoms with E-state index in [9.17, 15) is 29.7 Å². The molecule has 0 aromatic carbocycles. The largest absolute Gasteiger partial charge is 0.376 e. The zero-order valence-electron chi connectivity index (χ0n) is 11.5. The van der Waals surface area contributed by atoms with Crippen molar-refractivity contribution < 1.29 is 34.4 Å². The first-order valence-electron chi connectivity index (χ1n) is 5.88. The lowest BCUT2D eigenvalue weighted by molar-refractivity contribution is -0.301. The van der Waals surface area contributed by atoms with Gasteiger partial charge in [-0.1, -0.05) is 11.6 Å². The van der Waals surface area contributed by atoms with Gasteiger partial charge in [0.1, 0.15) is 0 Å². The Morgan fingerprint density at radius 1 is 0.950 bits per heavy atom. The summed E-state index contributed by atoms with van der Waals surface area (Å²) in [6.07, 6.45) is -1.41. The van der Waals surface area contributed by atoms with Crippen LogP contribution in [0.1, 0.15) is 27.7 Å². The van der Waals surface area contributed by atoms with Crippen LogP contribution in [0.15, 0.2) is 0 Å². The fourth-order valence-electron chi connectivity index (χ4n) is 2.62. The minimum absolute atomic E-state index is 0.837. The monoisotopic (exact) mass is 308 g/mol. The van der Waals surface area contributed by atoms with Gasteiger partial charge in [0.2, 0.25) is 11.2 Å². The highest BCUT2D eigenvalue weighted by Crippen LogP contribution is 2.47. The number of rotatable bonds is 3. The Balaban J connectivity index is 3.76. The number of halogens is 1. The van der Waals surface area contributed by atoms with Crippen molar-refractivity contribution in [3.63, 3.8) is 0 Å². The standard InChI is InChI=1S/C12H17ClO7/c1-5(14)10(17)8(4)20-9(13)11(18,6(2)15)12(10,19)7(3)16/h8-9,17-19H,1-4H3/t8-,9+,10+,11+,12+/m1/s1. The molecule has 3 N–H and O–H groups in total. The zero-order chi connectivity index (χ0) is 16.1. The average Bonchev–Trinajstić information content (AvgIpc) is 2.32. The van der Waals surface area contributed by atoms with Crippen LogP contribution < -0.4 is 0 Å². The Morgan fingerprint density at radius 3 is 1.65 bits per heavy atom. The van der Waals surface area contributed by atoms with Crippen LogP contribution in [0, 0.1) is 0 Å². The smallest absolute Gasteiger partial charge is 0.202 e. The van der Waals surface area contributed by atoms with E-state index >= 15 is 0 Å². The summed E-state index contributed by atoms with van der Waals surface area (Å²) in [6.45, 7) is 3.81. The predicted molar refractivity (Wildman–Crippen MR) is 67.1 cm³/mol. The van der Waals surface area contributed by atoms with E-state index in [1.165, 1.54) is 6.92 Å². The van der Waals surface area contributed by atoms with Gasteiger partial charge < -0.3 is 20.1 Å². The van der Waals surface area contributed by atoms with Gasteiger partial charge in [-0.25, -0.2) is 0 Å². The number of carbonyl (C=O) groups is 3. The molecule has 7 nitrogen and oxygen atoms in total. The molecule has 8 heteroatoms. The summed E-state index contributed by atoms with van der Waals surface area (Å²) in [5, 5.41) is 31.5. The second-order valence-corrected chi connectivity index (χ2v) is 5.40. The maximum Gasteiger partial charge on any atom is 0.202 e. The van der Waals surface area contributed by atoms with Crippen molar-refractivity contribution in [2.24, 2.45) is 0 Å². The predicted octanol–water partition coefficient (Wildman–Crippen LogP) is -1.07. The van der Waals surface area contributed by atoms with E-state index in [1.54, 1.807) is 0 Å². The Bertz CT molecular complexity index is 444. The van der Waals surface area contributed by atoms with Gasteiger partial charge in [-0.2, -0.15) is 0 Å².